The van der Waals surface area contributed by atoms with Crippen LogP contribution in [0.2, 0.25) is 0 Å². The molecule has 0 fully saturated rings. The van der Waals surface area contributed by atoms with E-state index in [1.54, 1.807) is 38.2 Å². The van der Waals surface area contributed by atoms with Gasteiger partial charge in [0.05, 0.1) is 38.3 Å². The van der Waals surface area contributed by atoms with Gasteiger partial charge in [-0.25, -0.2) is 9.59 Å². The number of carbonyl (C=O) groups excluding carboxylic acids is 3. The molecule has 0 aromatic carbocycles. The summed E-state index contributed by atoms with van der Waals surface area (Å²) in [6, 6.07) is 0. The van der Waals surface area contributed by atoms with Crippen molar-refractivity contribution in [3.63, 3.8) is 0 Å². The van der Waals surface area contributed by atoms with Crippen molar-refractivity contribution in [3.8, 4) is 0 Å². The zero-order valence-electron chi connectivity index (χ0n) is 15.9. The average molecular weight is 406 g/mol. The van der Waals surface area contributed by atoms with Gasteiger partial charge in [0.25, 0.3) is 0 Å². The molecule has 0 aliphatic carbocycles. The summed E-state index contributed by atoms with van der Waals surface area (Å²) in [6.45, 7) is 5.56. The second-order valence-corrected chi connectivity index (χ2v) is 6.17. The van der Waals surface area contributed by atoms with E-state index in [4.69, 9.17) is 18.9 Å². The molecule has 28 heavy (non-hydrogen) atoms. The predicted octanol–water partition coefficient (Wildman–Crippen LogP) is 3.67. The minimum absolute atomic E-state index is 0.163. The second kappa shape index (κ2) is 13.2. The van der Waals surface area contributed by atoms with Crippen LogP contribution >= 0.6 is 11.8 Å². The minimum Gasteiger partial charge on any atom is -0.473 e. The molecule has 0 aromatic rings. The number of rotatable bonds is 5. The number of esters is 2. The van der Waals surface area contributed by atoms with Crippen LogP contribution in [0.3, 0.4) is 0 Å². The minimum atomic E-state index is -0.492. The SMILES string of the molecule is CCOC(=O)C(SC(C)=O)=C1C=COC=C1.CCOC(=O)C=C1C=COC=C1. The molecule has 8 heteroatoms. The van der Waals surface area contributed by atoms with Crippen molar-refractivity contribution in [1.82, 2.24) is 0 Å². The highest BCUT2D eigenvalue weighted by Crippen LogP contribution is 2.25. The Hall–Kier alpha value is -3.00. The topological polar surface area (TPSA) is 88.1 Å². The van der Waals surface area contributed by atoms with E-state index in [0.717, 1.165) is 17.3 Å². The molecule has 0 radical (unpaired) electrons. The third kappa shape index (κ3) is 9.09. The van der Waals surface area contributed by atoms with E-state index in [2.05, 4.69) is 0 Å². The molecule has 0 aromatic heterocycles. The van der Waals surface area contributed by atoms with E-state index in [9.17, 15) is 14.4 Å². The second-order valence-electron chi connectivity index (χ2n) is 4.98. The lowest BCUT2D eigenvalue weighted by Gasteiger charge is -2.09. The van der Waals surface area contributed by atoms with Crippen LogP contribution in [0.4, 0.5) is 0 Å². The highest BCUT2D eigenvalue weighted by Gasteiger charge is 2.18. The van der Waals surface area contributed by atoms with E-state index in [0.29, 0.717) is 12.2 Å². The first-order valence-corrected chi connectivity index (χ1v) is 9.25. The van der Waals surface area contributed by atoms with Gasteiger partial charge in [0.1, 0.15) is 4.91 Å². The summed E-state index contributed by atoms with van der Waals surface area (Å²) in [6.07, 6.45) is 13.9. The maximum atomic E-state index is 11.6. The van der Waals surface area contributed by atoms with E-state index in [-0.39, 0.29) is 22.6 Å². The van der Waals surface area contributed by atoms with Gasteiger partial charge in [-0.2, -0.15) is 0 Å². The number of ether oxygens (including phenoxy) is 4. The highest BCUT2D eigenvalue weighted by atomic mass is 32.2. The molecule has 2 heterocycles. The van der Waals surface area contributed by atoms with Crippen LogP contribution in [-0.4, -0.2) is 30.3 Å². The van der Waals surface area contributed by atoms with Gasteiger partial charge in [-0.05, 0) is 55.5 Å². The van der Waals surface area contributed by atoms with Crippen molar-refractivity contribution >= 4 is 28.8 Å². The Kier molecular flexibility index (Phi) is 10.9. The smallest absolute Gasteiger partial charge is 0.345 e. The van der Waals surface area contributed by atoms with Crippen molar-refractivity contribution < 1.29 is 33.3 Å². The van der Waals surface area contributed by atoms with Crippen molar-refractivity contribution in [2.45, 2.75) is 20.8 Å². The summed E-state index contributed by atoms with van der Waals surface area (Å²) in [7, 11) is 0. The summed E-state index contributed by atoms with van der Waals surface area (Å²) in [5.74, 6) is -0.822. The van der Waals surface area contributed by atoms with Crippen LogP contribution in [0.5, 0.6) is 0 Å². The Morgan fingerprint density at radius 2 is 1.46 bits per heavy atom. The molecular weight excluding hydrogens is 384 g/mol. The van der Waals surface area contributed by atoms with Gasteiger partial charge in [0, 0.05) is 18.6 Å². The lowest BCUT2D eigenvalue weighted by molar-refractivity contribution is -0.138. The molecule has 0 bridgehead atoms. The summed E-state index contributed by atoms with van der Waals surface area (Å²) in [5, 5.41) is -0.163. The van der Waals surface area contributed by atoms with Crippen LogP contribution < -0.4 is 0 Å². The molecule has 0 amide bonds. The van der Waals surface area contributed by atoms with E-state index >= 15 is 0 Å². The fourth-order valence-electron chi connectivity index (χ4n) is 1.79. The van der Waals surface area contributed by atoms with Crippen LogP contribution in [-0.2, 0) is 33.3 Å². The number of hydrogen-bond donors (Lipinski definition) is 0. The Morgan fingerprint density at radius 3 is 1.96 bits per heavy atom. The fourth-order valence-corrected chi connectivity index (χ4v) is 2.47. The number of thioether (sulfide) groups is 1. The molecule has 150 valence electrons. The Balaban J connectivity index is 0.000000292. The van der Waals surface area contributed by atoms with E-state index in [1.807, 2.05) is 0 Å². The fraction of sp³-hybridized carbons (Fsp3) is 0.250. The van der Waals surface area contributed by atoms with Crippen molar-refractivity contribution in [2.24, 2.45) is 0 Å². The van der Waals surface area contributed by atoms with Crippen LogP contribution in [0.15, 0.2) is 71.5 Å². The number of allylic oxidation sites excluding steroid dienone is 6. The standard InChI is InChI=1S/C11H12O4S.C9H10O3/c1-3-15-11(13)10(16-8(2)12)9-4-6-14-7-5-9;1-2-12-9(10)7-8-3-5-11-6-4-8/h4-7H,3H2,1-2H3;3-7H,2H2,1H3. The molecule has 0 unspecified atom stereocenters. The van der Waals surface area contributed by atoms with Gasteiger partial charge >= 0.3 is 11.9 Å². The lowest BCUT2D eigenvalue weighted by atomic mass is 10.2. The summed E-state index contributed by atoms with van der Waals surface area (Å²) in [5.41, 5.74) is 1.39. The Morgan fingerprint density at radius 1 is 0.929 bits per heavy atom. The zero-order chi connectivity index (χ0) is 20.8. The van der Waals surface area contributed by atoms with Gasteiger partial charge in [-0.1, -0.05) is 0 Å². The molecule has 7 nitrogen and oxygen atoms in total. The van der Waals surface area contributed by atoms with Gasteiger partial charge in [0.15, 0.2) is 5.12 Å². The molecule has 2 aliphatic rings. The lowest BCUT2D eigenvalue weighted by Crippen LogP contribution is -2.09. The van der Waals surface area contributed by atoms with Crippen molar-refractivity contribution in [1.29, 1.82) is 0 Å². The van der Waals surface area contributed by atoms with Crippen LogP contribution in [0, 0.1) is 0 Å². The summed E-state index contributed by atoms with van der Waals surface area (Å²) < 4.78 is 19.2. The molecule has 0 atom stereocenters. The maximum Gasteiger partial charge on any atom is 0.345 e. The zero-order valence-corrected chi connectivity index (χ0v) is 16.7. The highest BCUT2D eigenvalue weighted by molar-refractivity contribution is 8.17. The number of carbonyl (C=O) groups is 3. The average Bonchev–Trinajstić information content (AvgIpc) is 2.68. The van der Waals surface area contributed by atoms with Gasteiger partial charge in [-0.15, -0.1) is 0 Å². The largest absolute Gasteiger partial charge is 0.473 e. The molecule has 0 spiro atoms. The molecule has 2 rings (SSSR count). The van der Waals surface area contributed by atoms with Crippen LogP contribution in [0.1, 0.15) is 20.8 Å². The van der Waals surface area contributed by atoms with Gasteiger partial charge < -0.3 is 18.9 Å². The molecule has 0 saturated carbocycles. The Labute approximate surface area is 168 Å². The van der Waals surface area contributed by atoms with E-state index in [1.165, 1.54) is 38.0 Å². The Bertz CT molecular complexity index is 727. The van der Waals surface area contributed by atoms with Crippen molar-refractivity contribution in [3.05, 3.63) is 71.5 Å². The molecule has 0 N–H and O–H groups in total. The predicted molar refractivity (Wildman–Crippen MR) is 105 cm³/mol. The quantitative estimate of drug-likeness (QED) is 0.505. The summed E-state index contributed by atoms with van der Waals surface area (Å²) >= 11 is 0.862. The van der Waals surface area contributed by atoms with Crippen molar-refractivity contribution in [2.75, 3.05) is 13.2 Å². The third-order valence-corrected chi connectivity index (χ3v) is 3.76. The molecular formula is C20H22O7S. The molecule has 0 saturated heterocycles. The van der Waals surface area contributed by atoms with E-state index < -0.39 is 5.97 Å². The van der Waals surface area contributed by atoms with Crippen LogP contribution in [0.25, 0.3) is 0 Å². The van der Waals surface area contributed by atoms with Gasteiger partial charge in [0.2, 0.25) is 0 Å². The summed E-state index contributed by atoms with van der Waals surface area (Å²) in [4.78, 5) is 33.8. The first-order valence-electron chi connectivity index (χ1n) is 8.43. The monoisotopic (exact) mass is 406 g/mol. The first-order chi connectivity index (χ1) is 13.5. The number of hydrogen-bond acceptors (Lipinski definition) is 8. The first kappa shape index (κ1) is 23.0. The molecule has 2 aliphatic heterocycles. The van der Waals surface area contributed by atoms with Gasteiger partial charge in [-0.3, -0.25) is 4.79 Å². The third-order valence-electron chi connectivity index (χ3n) is 2.87. The normalized spacial score (nSPS) is 13.5. The maximum absolute atomic E-state index is 11.6.